The minimum Gasteiger partial charge on any atom is -0.395 e. The van der Waals surface area contributed by atoms with Crippen molar-refractivity contribution in [3.8, 4) is 0 Å². The Hall–Kier alpha value is -1.59. The quantitative estimate of drug-likeness (QED) is 0.789. The number of amides is 1. The fourth-order valence-corrected chi connectivity index (χ4v) is 3.48. The normalized spacial score (nSPS) is 22.0. The average molecular weight is 289 g/mol. The summed E-state index contributed by atoms with van der Waals surface area (Å²) in [6.07, 6.45) is 6.14. The summed E-state index contributed by atoms with van der Waals surface area (Å²) in [7, 11) is 0. The van der Waals surface area contributed by atoms with E-state index < -0.39 is 6.04 Å². The molecule has 5 nitrogen and oxygen atoms in total. The van der Waals surface area contributed by atoms with Gasteiger partial charge in [0.2, 0.25) is 5.91 Å². The van der Waals surface area contributed by atoms with E-state index in [9.17, 15) is 9.90 Å². The van der Waals surface area contributed by atoms with E-state index in [1.807, 2.05) is 18.2 Å². The minimum atomic E-state index is -0.560. The lowest BCUT2D eigenvalue weighted by Gasteiger charge is -2.36. The molecular formula is C16H23N3O2. The van der Waals surface area contributed by atoms with Gasteiger partial charge in [0.25, 0.3) is 0 Å². The lowest BCUT2D eigenvalue weighted by atomic mass is 9.93. The SMILES string of the molecule is NC1C(=O)Nc2cc(N(CCO)C3CCCCC3)ccc21. The number of hydrogen-bond acceptors (Lipinski definition) is 4. The molecule has 1 fully saturated rings. The maximum atomic E-state index is 11.6. The van der Waals surface area contributed by atoms with Crippen molar-refractivity contribution in [1.82, 2.24) is 0 Å². The Labute approximate surface area is 125 Å². The van der Waals surface area contributed by atoms with Gasteiger partial charge in [-0.3, -0.25) is 4.79 Å². The average Bonchev–Trinajstić information content (AvgIpc) is 2.80. The van der Waals surface area contributed by atoms with E-state index in [0.717, 1.165) is 16.9 Å². The van der Waals surface area contributed by atoms with Gasteiger partial charge in [-0.1, -0.05) is 25.3 Å². The van der Waals surface area contributed by atoms with Crippen molar-refractivity contribution in [1.29, 1.82) is 0 Å². The lowest BCUT2D eigenvalue weighted by Crippen LogP contribution is -2.38. The van der Waals surface area contributed by atoms with Crippen molar-refractivity contribution >= 4 is 17.3 Å². The van der Waals surface area contributed by atoms with Crippen molar-refractivity contribution < 1.29 is 9.90 Å². The third-order valence-electron chi connectivity index (χ3n) is 4.60. The van der Waals surface area contributed by atoms with Crippen LogP contribution in [-0.4, -0.2) is 30.2 Å². The predicted molar refractivity (Wildman–Crippen MR) is 83.3 cm³/mol. The highest BCUT2D eigenvalue weighted by atomic mass is 16.3. The molecule has 1 heterocycles. The molecule has 1 saturated carbocycles. The molecule has 5 heteroatoms. The second-order valence-electron chi connectivity index (χ2n) is 5.95. The number of aliphatic hydroxyl groups is 1. The van der Waals surface area contributed by atoms with Gasteiger partial charge in [-0.15, -0.1) is 0 Å². The molecule has 0 bridgehead atoms. The predicted octanol–water partition coefficient (Wildman–Crippen LogP) is 1.77. The number of nitrogens with two attached hydrogens (primary N) is 1. The molecular weight excluding hydrogens is 266 g/mol. The summed E-state index contributed by atoms with van der Waals surface area (Å²) >= 11 is 0. The first-order valence-corrected chi connectivity index (χ1v) is 7.78. The summed E-state index contributed by atoms with van der Waals surface area (Å²) in [4.78, 5) is 13.9. The van der Waals surface area contributed by atoms with Crippen LogP contribution in [0.5, 0.6) is 0 Å². The molecule has 21 heavy (non-hydrogen) atoms. The van der Waals surface area contributed by atoms with E-state index >= 15 is 0 Å². The number of anilines is 2. The van der Waals surface area contributed by atoms with Gasteiger partial charge < -0.3 is 21.1 Å². The zero-order chi connectivity index (χ0) is 14.8. The standard InChI is InChI=1S/C16H23N3O2/c17-15-13-7-6-12(10-14(13)18-16(15)21)19(8-9-20)11-4-2-1-3-5-11/h6-7,10-11,15,20H,1-5,8-9,17H2,(H,18,21). The van der Waals surface area contributed by atoms with E-state index in [-0.39, 0.29) is 12.5 Å². The van der Waals surface area contributed by atoms with Gasteiger partial charge in [-0.2, -0.15) is 0 Å². The highest BCUT2D eigenvalue weighted by Crippen LogP contribution is 2.35. The van der Waals surface area contributed by atoms with Crippen LogP contribution < -0.4 is 16.0 Å². The number of benzene rings is 1. The second kappa shape index (κ2) is 6.03. The number of hydrogen-bond donors (Lipinski definition) is 3. The van der Waals surface area contributed by atoms with E-state index in [4.69, 9.17) is 5.73 Å². The van der Waals surface area contributed by atoms with E-state index in [2.05, 4.69) is 10.2 Å². The van der Waals surface area contributed by atoms with Crippen LogP contribution in [0.1, 0.15) is 43.7 Å². The Morgan fingerprint density at radius 3 is 2.76 bits per heavy atom. The molecule has 1 aliphatic carbocycles. The first kappa shape index (κ1) is 14.4. The van der Waals surface area contributed by atoms with Crippen LogP contribution in [0.15, 0.2) is 18.2 Å². The summed E-state index contributed by atoms with van der Waals surface area (Å²) in [6.45, 7) is 0.767. The molecule has 0 saturated heterocycles. The van der Waals surface area contributed by atoms with Gasteiger partial charge in [-0.05, 0) is 25.0 Å². The smallest absolute Gasteiger partial charge is 0.245 e. The van der Waals surface area contributed by atoms with E-state index in [0.29, 0.717) is 12.6 Å². The Balaban J connectivity index is 1.86. The first-order valence-electron chi connectivity index (χ1n) is 7.78. The van der Waals surface area contributed by atoms with Gasteiger partial charge in [0.1, 0.15) is 6.04 Å². The summed E-state index contributed by atoms with van der Waals surface area (Å²) in [6, 6.07) is 5.86. The van der Waals surface area contributed by atoms with Crippen LogP contribution in [0, 0.1) is 0 Å². The van der Waals surface area contributed by atoms with E-state index in [1.54, 1.807) is 0 Å². The third-order valence-corrected chi connectivity index (χ3v) is 4.60. The van der Waals surface area contributed by atoms with Gasteiger partial charge in [-0.25, -0.2) is 0 Å². The first-order chi connectivity index (χ1) is 10.2. The number of aliphatic hydroxyl groups excluding tert-OH is 1. The molecule has 1 aromatic rings. The Kier molecular flexibility index (Phi) is 4.12. The van der Waals surface area contributed by atoms with Crippen LogP contribution >= 0.6 is 0 Å². The number of carbonyl (C=O) groups excluding carboxylic acids is 1. The van der Waals surface area contributed by atoms with Crippen LogP contribution in [0.3, 0.4) is 0 Å². The molecule has 1 aromatic carbocycles. The largest absolute Gasteiger partial charge is 0.395 e. The summed E-state index contributed by atoms with van der Waals surface area (Å²) in [5, 5.41) is 12.2. The van der Waals surface area contributed by atoms with Crippen LogP contribution in [0.25, 0.3) is 0 Å². The Bertz CT molecular complexity index is 526. The number of carbonyl (C=O) groups is 1. The Morgan fingerprint density at radius 2 is 2.05 bits per heavy atom. The lowest BCUT2D eigenvalue weighted by molar-refractivity contribution is -0.116. The number of rotatable bonds is 4. The van der Waals surface area contributed by atoms with E-state index in [1.165, 1.54) is 32.1 Å². The van der Waals surface area contributed by atoms with Crippen molar-refractivity contribution in [2.45, 2.75) is 44.2 Å². The van der Waals surface area contributed by atoms with Crippen LogP contribution in [0.2, 0.25) is 0 Å². The maximum Gasteiger partial charge on any atom is 0.245 e. The highest BCUT2D eigenvalue weighted by Gasteiger charge is 2.28. The molecule has 1 unspecified atom stereocenters. The molecule has 4 N–H and O–H groups in total. The summed E-state index contributed by atoms with van der Waals surface area (Å²) in [5.74, 6) is -0.145. The molecule has 1 atom stereocenters. The van der Waals surface area contributed by atoms with Crippen molar-refractivity contribution in [2.24, 2.45) is 5.73 Å². The van der Waals surface area contributed by atoms with Gasteiger partial charge >= 0.3 is 0 Å². The minimum absolute atomic E-state index is 0.138. The zero-order valence-electron chi connectivity index (χ0n) is 12.2. The topological polar surface area (TPSA) is 78.6 Å². The number of fused-ring (bicyclic) bond motifs is 1. The zero-order valence-corrected chi connectivity index (χ0v) is 12.2. The second-order valence-corrected chi connectivity index (χ2v) is 5.95. The monoisotopic (exact) mass is 289 g/mol. The van der Waals surface area contributed by atoms with Gasteiger partial charge in [0, 0.05) is 29.5 Å². The van der Waals surface area contributed by atoms with Crippen LogP contribution in [-0.2, 0) is 4.79 Å². The van der Waals surface area contributed by atoms with Crippen LogP contribution in [0.4, 0.5) is 11.4 Å². The molecule has 0 spiro atoms. The van der Waals surface area contributed by atoms with Crippen molar-refractivity contribution in [3.63, 3.8) is 0 Å². The molecule has 1 amide bonds. The fraction of sp³-hybridized carbons (Fsp3) is 0.562. The van der Waals surface area contributed by atoms with Gasteiger partial charge in [0.05, 0.1) is 6.61 Å². The fourth-order valence-electron chi connectivity index (χ4n) is 3.48. The molecule has 2 aliphatic rings. The highest BCUT2D eigenvalue weighted by molar-refractivity contribution is 6.02. The molecule has 0 aromatic heterocycles. The number of nitrogens with zero attached hydrogens (tertiary/aromatic N) is 1. The third kappa shape index (κ3) is 2.76. The molecule has 3 rings (SSSR count). The summed E-state index contributed by atoms with van der Waals surface area (Å²) < 4.78 is 0. The molecule has 114 valence electrons. The van der Waals surface area contributed by atoms with Gasteiger partial charge in [0.15, 0.2) is 0 Å². The number of nitrogens with one attached hydrogen (secondary N) is 1. The molecule has 0 radical (unpaired) electrons. The van der Waals surface area contributed by atoms with Crippen molar-refractivity contribution in [3.05, 3.63) is 23.8 Å². The Morgan fingerprint density at radius 1 is 1.29 bits per heavy atom. The summed E-state index contributed by atoms with van der Waals surface area (Å²) in [5.41, 5.74) is 8.58. The molecule has 1 aliphatic heterocycles. The van der Waals surface area contributed by atoms with Crippen molar-refractivity contribution in [2.75, 3.05) is 23.4 Å². The maximum absolute atomic E-state index is 11.6.